The SMILES string of the molecule is O=C(COC(=O)CCC1CCCC1)NC(C1CC1)C1CC1. The van der Waals surface area contributed by atoms with E-state index in [1.165, 1.54) is 51.4 Å². The molecule has 0 aromatic rings. The minimum atomic E-state index is -0.216. The highest BCUT2D eigenvalue weighted by Gasteiger charge is 2.42. The minimum Gasteiger partial charge on any atom is -0.456 e. The molecule has 1 N–H and O–H groups in total. The van der Waals surface area contributed by atoms with E-state index in [0.29, 0.717) is 30.2 Å². The second kappa shape index (κ2) is 6.80. The van der Waals surface area contributed by atoms with Gasteiger partial charge in [0, 0.05) is 12.5 Å². The van der Waals surface area contributed by atoms with Crippen LogP contribution in [-0.2, 0) is 14.3 Å². The molecule has 0 radical (unpaired) electrons. The molecule has 118 valence electrons. The van der Waals surface area contributed by atoms with Crippen LogP contribution in [0.3, 0.4) is 0 Å². The fourth-order valence-electron chi connectivity index (χ4n) is 3.60. The van der Waals surface area contributed by atoms with Gasteiger partial charge >= 0.3 is 5.97 Å². The molecular weight excluding hydrogens is 266 g/mol. The molecule has 3 aliphatic carbocycles. The minimum absolute atomic E-state index is 0.0978. The highest BCUT2D eigenvalue weighted by Crippen LogP contribution is 2.44. The van der Waals surface area contributed by atoms with Crippen LogP contribution in [-0.4, -0.2) is 24.5 Å². The van der Waals surface area contributed by atoms with Crippen molar-refractivity contribution in [2.75, 3.05) is 6.61 Å². The number of rotatable bonds is 8. The summed E-state index contributed by atoms with van der Waals surface area (Å²) < 4.78 is 5.11. The van der Waals surface area contributed by atoms with Gasteiger partial charge in [-0.1, -0.05) is 25.7 Å². The van der Waals surface area contributed by atoms with Crippen molar-refractivity contribution in [1.29, 1.82) is 0 Å². The molecule has 0 unspecified atom stereocenters. The number of nitrogens with one attached hydrogen (secondary N) is 1. The molecule has 3 rings (SSSR count). The Hall–Kier alpha value is -1.06. The van der Waals surface area contributed by atoms with Crippen molar-refractivity contribution >= 4 is 11.9 Å². The molecule has 1 amide bonds. The molecule has 3 aliphatic rings. The molecule has 0 saturated heterocycles. The topological polar surface area (TPSA) is 55.4 Å². The zero-order chi connectivity index (χ0) is 14.7. The Morgan fingerprint density at radius 1 is 1.00 bits per heavy atom. The molecule has 0 bridgehead atoms. The number of carbonyl (C=O) groups excluding carboxylic acids is 2. The molecule has 0 aromatic carbocycles. The van der Waals surface area contributed by atoms with E-state index in [4.69, 9.17) is 4.74 Å². The van der Waals surface area contributed by atoms with Gasteiger partial charge in [0.15, 0.2) is 6.61 Å². The Bertz CT molecular complexity index is 369. The van der Waals surface area contributed by atoms with Gasteiger partial charge in [0.2, 0.25) is 0 Å². The molecule has 0 aromatic heterocycles. The third-order valence-corrected chi connectivity index (χ3v) is 5.18. The second-order valence-electron chi connectivity index (χ2n) is 7.12. The lowest BCUT2D eigenvalue weighted by molar-refractivity contribution is -0.149. The van der Waals surface area contributed by atoms with E-state index in [1.54, 1.807) is 0 Å². The highest BCUT2D eigenvalue weighted by molar-refractivity contribution is 5.80. The normalized spacial score (nSPS) is 22.5. The average molecular weight is 293 g/mol. The van der Waals surface area contributed by atoms with Gasteiger partial charge in [0.05, 0.1) is 0 Å². The van der Waals surface area contributed by atoms with Crippen molar-refractivity contribution in [3.63, 3.8) is 0 Å². The monoisotopic (exact) mass is 293 g/mol. The van der Waals surface area contributed by atoms with E-state index in [1.807, 2.05) is 0 Å². The maximum absolute atomic E-state index is 11.9. The molecule has 3 saturated carbocycles. The molecule has 0 atom stereocenters. The fourth-order valence-corrected chi connectivity index (χ4v) is 3.60. The third-order valence-electron chi connectivity index (χ3n) is 5.18. The molecular formula is C17H27NO3. The highest BCUT2D eigenvalue weighted by atomic mass is 16.5. The predicted molar refractivity (Wildman–Crippen MR) is 79.5 cm³/mol. The van der Waals surface area contributed by atoms with Crippen LogP contribution in [0.5, 0.6) is 0 Å². The first-order valence-corrected chi connectivity index (χ1v) is 8.67. The van der Waals surface area contributed by atoms with Crippen molar-refractivity contribution in [2.45, 2.75) is 70.3 Å². The predicted octanol–water partition coefficient (Wildman–Crippen LogP) is 2.80. The van der Waals surface area contributed by atoms with Gasteiger partial charge in [0.25, 0.3) is 5.91 Å². The van der Waals surface area contributed by atoms with Gasteiger partial charge in [-0.3, -0.25) is 9.59 Å². The van der Waals surface area contributed by atoms with E-state index < -0.39 is 0 Å². The van der Waals surface area contributed by atoms with Crippen molar-refractivity contribution in [1.82, 2.24) is 5.32 Å². The summed E-state index contributed by atoms with van der Waals surface area (Å²) in [5.41, 5.74) is 0. The van der Waals surface area contributed by atoms with Crippen molar-refractivity contribution in [3.05, 3.63) is 0 Å². The summed E-state index contributed by atoms with van der Waals surface area (Å²) in [6.45, 7) is -0.0978. The zero-order valence-corrected chi connectivity index (χ0v) is 12.8. The van der Waals surface area contributed by atoms with Gasteiger partial charge in [-0.15, -0.1) is 0 Å². The van der Waals surface area contributed by atoms with Crippen LogP contribution in [0.2, 0.25) is 0 Å². The Labute approximate surface area is 127 Å². The lowest BCUT2D eigenvalue weighted by Gasteiger charge is -2.17. The average Bonchev–Trinajstić information content (AvgIpc) is 3.40. The maximum atomic E-state index is 11.9. The van der Waals surface area contributed by atoms with Gasteiger partial charge in [-0.05, 0) is 49.9 Å². The first kappa shape index (κ1) is 14.9. The van der Waals surface area contributed by atoms with E-state index in [-0.39, 0.29) is 18.5 Å². The second-order valence-corrected chi connectivity index (χ2v) is 7.12. The van der Waals surface area contributed by atoms with E-state index in [0.717, 1.165) is 6.42 Å². The van der Waals surface area contributed by atoms with Crippen LogP contribution in [0.1, 0.15) is 64.2 Å². The number of hydrogen-bond donors (Lipinski definition) is 1. The summed E-state index contributed by atoms with van der Waals surface area (Å²) in [4.78, 5) is 23.6. The van der Waals surface area contributed by atoms with E-state index >= 15 is 0 Å². The standard InChI is InChI=1S/C17H27NO3/c19-15(18-17(13-6-7-13)14-8-9-14)11-21-16(20)10-5-12-3-1-2-4-12/h12-14,17H,1-11H2,(H,18,19). The number of carbonyl (C=O) groups is 2. The summed E-state index contributed by atoms with van der Waals surface area (Å²) in [6, 6.07) is 0.342. The van der Waals surface area contributed by atoms with Gasteiger partial charge < -0.3 is 10.1 Å². The first-order chi connectivity index (χ1) is 10.2. The summed E-state index contributed by atoms with van der Waals surface area (Å²) in [6.07, 6.45) is 11.4. The summed E-state index contributed by atoms with van der Waals surface area (Å²) >= 11 is 0. The van der Waals surface area contributed by atoms with E-state index in [9.17, 15) is 9.59 Å². The van der Waals surface area contributed by atoms with Gasteiger partial charge in [0.1, 0.15) is 0 Å². The van der Waals surface area contributed by atoms with Crippen molar-refractivity contribution in [2.24, 2.45) is 17.8 Å². The first-order valence-electron chi connectivity index (χ1n) is 8.67. The Kier molecular flexibility index (Phi) is 4.81. The van der Waals surface area contributed by atoms with Gasteiger partial charge in [-0.25, -0.2) is 0 Å². The van der Waals surface area contributed by atoms with Gasteiger partial charge in [-0.2, -0.15) is 0 Å². The summed E-state index contributed by atoms with van der Waals surface area (Å²) in [5.74, 6) is 1.72. The summed E-state index contributed by atoms with van der Waals surface area (Å²) in [7, 11) is 0. The smallest absolute Gasteiger partial charge is 0.306 e. The number of esters is 1. The van der Waals surface area contributed by atoms with Crippen LogP contribution in [0.15, 0.2) is 0 Å². The Morgan fingerprint density at radius 2 is 1.62 bits per heavy atom. The lowest BCUT2D eigenvalue weighted by Crippen LogP contribution is -2.40. The molecule has 3 fully saturated rings. The molecule has 21 heavy (non-hydrogen) atoms. The van der Waals surface area contributed by atoms with Crippen LogP contribution in [0.4, 0.5) is 0 Å². The molecule has 0 spiro atoms. The fraction of sp³-hybridized carbons (Fsp3) is 0.882. The van der Waals surface area contributed by atoms with Crippen LogP contribution in [0.25, 0.3) is 0 Å². The van der Waals surface area contributed by atoms with Crippen LogP contribution < -0.4 is 5.32 Å². The largest absolute Gasteiger partial charge is 0.456 e. The maximum Gasteiger partial charge on any atom is 0.306 e. The van der Waals surface area contributed by atoms with Crippen molar-refractivity contribution < 1.29 is 14.3 Å². The lowest BCUT2D eigenvalue weighted by atomic mass is 10.0. The Balaban J connectivity index is 1.30. The molecule has 0 aliphatic heterocycles. The van der Waals surface area contributed by atoms with Crippen LogP contribution >= 0.6 is 0 Å². The molecule has 4 heteroatoms. The van der Waals surface area contributed by atoms with Crippen LogP contribution in [0, 0.1) is 17.8 Å². The number of amides is 1. The molecule has 0 heterocycles. The quantitative estimate of drug-likeness (QED) is 0.700. The zero-order valence-electron chi connectivity index (χ0n) is 12.8. The third kappa shape index (κ3) is 4.72. The number of ether oxygens (including phenoxy) is 1. The summed E-state index contributed by atoms with van der Waals surface area (Å²) in [5, 5.41) is 3.08. The van der Waals surface area contributed by atoms with E-state index in [2.05, 4.69) is 5.32 Å². The van der Waals surface area contributed by atoms with Crippen molar-refractivity contribution in [3.8, 4) is 0 Å². The number of hydrogen-bond acceptors (Lipinski definition) is 3. The molecule has 4 nitrogen and oxygen atoms in total. The Morgan fingerprint density at radius 3 is 2.19 bits per heavy atom.